The van der Waals surface area contributed by atoms with Gasteiger partial charge in [0, 0.05) is 0 Å². The molecule has 0 amide bonds. The van der Waals surface area contributed by atoms with Crippen LogP contribution in [0.2, 0.25) is 0 Å². The molecule has 0 bridgehead atoms. The van der Waals surface area contributed by atoms with Gasteiger partial charge in [0.15, 0.2) is 5.75 Å². The lowest BCUT2D eigenvalue weighted by atomic mass is 10.3. The van der Waals surface area contributed by atoms with Gasteiger partial charge in [0.25, 0.3) is 5.58 Å². The van der Waals surface area contributed by atoms with E-state index in [0.717, 1.165) is 11.3 Å². The molecule has 0 spiro atoms. The van der Waals surface area contributed by atoms with Crippen LogP contribution in [0.3, 0.4) is 0 Å². The highest BCUT2D eigenvalue weighted by molar-refractivity contribution is 5.77. The second-order valence-electron chi connectivity index (χ2n) is 2.18. The summed E-state index contributed by atoms with van der Waals surface area (Å²) in [5.41, 5.74) is 1.45. The van der Waals surface area contributed by atoms with Crippen molar-refractivity contribution >= 4 is 11.2 Å². The number of rotatable bonds is 2. The summed E-state index contributed by atoms with van der Waals surface area (Å²) in [5.74, 6) is 0.747. The normalized spacial score (nSPS) is 10.6. The van der Waals surface area contributed by atoms with E-state index in [2.05, 4.69) is 4.58 Å². The maximum Gasteiger partial charge on any atom is 0.267 e. The zero-order valence-corrected chi connectivity index (χ0v) is 6.16. The Labute approximate surface area is 63.5 Å². The molecule has 0 aliphatic heterocycles. The molecule has 58 valence electrons. The highest BCUT2D eigenvalue weighted by Crippen LogP contribution is 2.28. The first-order valence-electron chi connectivity index (χ1n) is 3.52. The summed E-state index contributed by atoms with van der Waals surface area (Å²) < 4.78 is 14.7. The van der Waals surface area contributed by atoms with Crippen LogP contribution in [0.25, 0.3) is 11.2 Å². The molecule has 0 unspecified atom stereocenters. The van der Waals surface area contributed by atoms with Crippen molar-refractivity contribution in [2.45, 2.75) is 6.92 Å². The van der Waals surface area contributed by atoms with Crippen molar-refractivity contribution in [1.29, 1.82) is 0 Å². The monoisotopic (exact) mass is 152 g/mol. The van der Waals surface area contributed by atoms with Crippen LogP contribution in [0.4, 0.5) is 0 Å². The Morgan fingerprint density at radius 2 is 2.27 bits per heavy atom. The topological polar surface area (TPSA) is 35.5 Å². The number of hydrogen-bond acceptors (Lipinski definition) is 3. The number of hydrogen-bond donors (Lipinski definition) is 0. The molecule has 1 aromatic heterocycles. The van der Waals surface area contributed by atoms with Gasteiger partial charge in [-0.2, -0.15) is 0 Å². The lowest BCUT2D eigenvalue weighted by Gasteiger charge is -2.04. The zero-order chi connectivity index (χ0) is 7.68. The summed E-state index contributed by atoms with van der Waals surface area (Å²) in [4.78, 5) is 0. The second-order valence-corrected chi connectivity index (χ2v) is 2.18. The lowest BCUT2D eigenvalue weighted by molar-refractivity contribution is 0.0559. The maximum atomic E-state index is 5.26. The van der Waals surface area contributed by atoms with E-state index in [9.17, 15) is 0 Å². The molecule has 1 aromatic carbocycles. The maximum absolute atomic E-state index is 5.26. The molecule has 0 fully saturated rings. The Morgan fingerprint density at radius 3 is 2.91 bits per heavy atom. The Morgan fingerprint density at radius 1 is 1.36 bits per heavy atom. The van der Waals surface area contributed by atoms with E-state index in [1.165, 1.54) is 0 Å². The molecule has 0 N–H and O–H groups in total. The van der Waals surface area contributed by atoms with Crippen molar-refractivity contribution in [3.05, 3.63) is 18.2 Å². The van der Waals surface area contributed by atoms with Crippen LogP contribution in [-0.4, -0.2) is 6.61 Å². The van der Waals surface area contributed by atoms with E-state index in [4.69, 9.17) is 9.31 Å². The van der Waals surface area contributed by atoms with Gasteiger partial charge in [-0.3, -0.25) is 9.15 Å². The van der Waals surface area contributed by atoms with Crippen molar-refractivity contribution in [1.82, 2.24) is 0 Å². The number of ether oxygens (including phenoxy) is 1. The molecule has 0 radical (unpaired) electrons. The minimum Gasteiger partial charge on any atom is -0.490 e. The fourth-order valence-electron chi connectivity index (χ4n) is 0.965. The molecule has 0 atom stereocenters. The average Bonchev–Trinajstić information content (AvgIpc) is 1.94. The molecule has 3 heteroatoms. The fourth-order valence-corrected chi connectivity index (χ4v) is 0.965. The zero-order valence-electron chi connectivity index (χ0n) is 6.16. The summed E-state index contributed by atoms with van der Waals surface area (Å²) >= 11 is 0. The van der Waals surface area contributed by atoms with Gasteiger partial charge in [0.05, 0.1) is 6.61 Å². The van der Waals surface area contributed by atoms with Gasteiger partial charge in [-0.15, -0.1) is 0 Å². The molecule has 0 aliphatic rings. The summed E-state index contributed by atoms with van der Waals surface area (Å²) in [5, 5.41) is 0. The van der Waals surface area contributed by atoms with Crippen molar-refractivity contribution in [2.75, 3.05) is 6.61 Å². The Hall–Kier alpha value is -1.38. The third kappa shape index (κ3) is 0.888. The van der Waals surface area contributed by atoms with Gasteiger partial charge in [0.2, 0.25) is 5.58 Å². The van der Waals surface area contributed by atoms with Crippen molar-refractivity contribution in [3.8, 4) is 5.75 Å². The quantitative estimate of drug-likeness (QED) is 0.620. The molecule has 0 saturated carbocycles. The van der Waals surface area contributed by atoms with Crippen LogP contribution in [0.5, 0.6) is 5.75 Å². The highest BCUT2D eigenvalue weighted by Gasteiger charge is 2.09. The van der Waals surface area contributed by atoms with Crippen LogP contribution in [0.1, 0.15) is 6.92 Å². The molecule has 0 aliphatic carbocycles. The number of fused-ring (bicyclic) bond motifs is 1. The van der Waals surface area contributed by atoms with Gasteiger partial charge >= 0.3 is 0 Å². The predicted molar refractivity (Wildman–Crippen MR) is 39.6 cm³/mol. The standard InChI is InChI=1S/C8H8O3/c1-2-9-6-4-3-5-7-8(6)11-10-7/h3-5H,2H2,1H3. The Balaban J connectivity index is 2.45. The summed E-state index contributed by atoms with van der Waals surface area (Å²) in [6.45, 7) is 2.57. The Bertz CT molecular complexity index is 345. The smallest absolute Gasteiger partial charge is 0.267 e. The molecule has 2 aromatic rings. The first-order valence-corrected chi connectivity index (χ1v) is 3.52. The van der Waals surface area contributed by atoms with Crippen LogP contribution in [-0.2, 0) is 0 Å². The third-order valence-electron chi connectivity index (χ3n) is 1.46. The van der Waals surface area contributed by atoms with Gasteiger partial charge in [0.1, 0.15) is 0 Å². The van der Waals surface area contributed by atoms with E-state index >= 15 is 0 Å². The van der Waals surface area contributed by atoms with E-state index in [1.807, 2.05) is 25.1 Å². The summed E-state index contributed by atoms with van der Waals surface area (Å²) in [6, 6.07) is 5.55. The molecule has 1 heterocycles. The summed E-state index contributed by atoms with van der Waals surface area (Å²) in [7, 11) is 0. The van der Waals surface area contributed by atoms with Crippen molar-refractivity contribution < 1.29 is 13.9 Å². The van der Waals surface area contributed by atoms with Gasteiger partial charge in [-0.25, -0.2) is 0 Å². The average molecular weight is 152 g/mol. The SMILES string of the molecule is CCOc1cccc2ooc12. The van der Waals surface area contributed by atoms with Crippen molar-refractivity contribution in [3.63, 3.8) is 0 Å². The van der Waals surface area contributed by atoms with Gasteiger partial charge in [-0.1, -0.05) is 6.07 Å². The van der Waals surface area contributed by atoms with E-state index in [0.29, 0.717) is 12.2 Å². The molecule has 0 saturated heterocycles. The molecule has 2 rings (SSSR count). The minimum absolute atomic E-state index is 0.639. The van der Waals surface area contributed by atoms with E-state index < -0.39 is 0 Å². The first kappa shape index (κ1) is 6.34. The fraction of sp³-hybridized carbons (Fsp3) is 0.250. The minimum atomic E-state index is 0.639. The van der Waals surface area contributed by atoms with Crippen LogP contribution in [0.15, 0.2) is 27.4 Å². The second kappa shape index (κ2) is 2.34. The van der Waals surface area contributed by atoms with Crippen LogP contribution in [0, 0.1) is 0 Å². The van der Waals surface area contributed by atoms with Gasteiger partial charge < -0.3 is 4.74 Å². The number of benzene rings is 1. The molecular weight excluding hydrogens is 144 g/mol. The Kier molecular flexibility index (Phi) is 1.35. The van der Waals surface area contributed by atoms with Crippen molar-refractivity contribution in [2.24, 2.45) is 0 Å². The highest BCUT2D eigenvalue weighted by atomic mass is 17.0. The predicted octanol–water partition coefficient (Wildman–Crippen LogP) is 2.42. The van der Waals surface area contributed by atoms with Crippen LogP contribution >= 0.6 is 0 Å². The van der Waals surface area contributed by atoms with Crippen LogP contribution < -0.4 is 4.74 Å². The van der Waals surface area contributed by atoms with E-state index in [1.54, 1.807) is 0 Å². The number of para-hydroxylation sites is 1. The first-order chi connectivity index (χ1) is 5.42. The third-order valence-corrected chi connectivity index (χ3v) is 1.46. The largest absolute Gasteiger partial charge is 0.490 e. The lowest BCUT2D eigenvalue weighted by Crippen LogP contribution is -1.92. The molecule has 11 heavy (non-hydrogen) atoms. The summed E-state index contributed by atoms with van der Waals surface area (Å²) in [6.07, 6.45) is 0. The molecular formula is C8H8O3. The molecule has 3 nitrogen and oxygen atoms in total. The van der Waals surface area contributed by atoms with E-state index in [-0.39, 0.29) is 0 Å². The van der Waals surface area contributed by atoms with Gasteiger partial charge in [-0.05, 0) is 19.1 Å².